The number of ether oxygens (including phenoxy) is 12. The van der Waals surface area contributed by atoms with Gasteiger partial charge in [-0.3, -0.25) is 9.97 Å². The average Bonchev–Trinajstić information content (AvgIpc) is 1.69. The third-order valence-electron chi connectivity index (χ3n) is 13.6. The molecule has 3 aromatic rings. The van der Waals surface area contributed by atoms with Gasteiger partial charge in [0, 0.05) is 108 Å². The second kappa shape index (κ2) is 95.1. The van der Waals surface area contributed by atoms with Crippen LogP contribution in [0.1, 0.15) is 83.0 Å². The molecule has 0 saturated carbocycles. The van der Waals surface area contributed by atoms with Crippen LogP contribution >= 0.6 is 0 Å². The van der Waals surface area contributed by atoms with Gasteiger partial charge in [-0.2, -0.15) is 77.5 Å². The molecule has 2 fully saturated rings. The van der Waals surface area contributed by atoms with Crippen molar-refractivity contribution >= 4 is 0 Å². The van der Waals surface area contributed by atoms with E-state index in [9.17, 15) is 0 Å². The number of benzene rings is 1. The molecule has 4 heterocycles. The van der Waals surface area contributed by atoms with Crippen LogP contribution in [0.4, 0.5) is 0 Å². The number of fused-ring (bicyclic) bond motifs is 1. The minimum Gasteiger partial charge on any atom is -0.479 e. The van der Waals surface area contributed by atoms with E-state index in [1.807, 2.05) is 143 Å². The van der Waals surface area contributed by atoms with Gasteiger partial charge in [0.05, 0.1) is 170 Å². The second-order valence-corrected chi connectivity index (χ2v) is 25.0. The van der Waals surface area contributed by atoms with E-state index in [4.69, 9.17) is 63.3 Å². The molecule has 2 aliphatic heterocycles. The summed E-state index contributed by atoms with van der Waals surface area (Å²) in [6.45, 7) is 35.2. The highest BCUT2D eigenvalue weighted by molar-refractivity contribution is 5.13. The Kier molecular flexibility index (Phi) is 101. The zero-order valence-electron chi connectivity index (χ0n) is 69.2. The van der Waals surface area contributed by atoms with E-state index >= 15 is 0 Å². The van der Waals surface area contributed by atoms with Gasteiger partial charge in [0.15, 0.2) is 0 Å². The first-order valence-corrected chi connectivity index (χ1v) is 37.7. The number of hydrogen-bond acceptors (Lipinski definition) is 14. The Morgan fingerprint density at radius 1 is 0.547 bits per heavy atom. The van der Waals surface area contributed by atoms with Crippen molar-refractivity contribution in [3.05, 3.63) is 186 Å². The van der Waals surface area contributed by atoms with Crippen LogP contribution in [0.15, 0.2) is 91.4 Å². The van der Waals surface area contributed by atoms with E-state index in [0.29, 0.717) is 51.3 Å². The van der Waals surface area contributed by atoms with E-state index in [-0.39, 0.29) is 6.10 Å². The highest BCUT2D eigenvalue weighted by Gasteiger charge is 2.42. The van der Waals surface area contributed by atoms with Crippen LogP contribution in [0.2, 0.25) is 0 Å². The number of quaternary nitrogens is 11. The van der Waals surface area contributed by atoms with Crippen molar-refractivity contribution in [1.82, 2.24) is 9.97 Å². The molecule has 2 aromatic heterocycles. The van der Waals surface area contributed by atoms with Gasteiger partial charge in [-0.05, 0) is 82.2 Å². The van der Waals surface area contributed by atoms with Crippen LogP contribution in [0.5, 0.6) is 0 Å². The van der Waals surface area contributed by atoms with Crippen molar-refractivity contribution in [3.8, 4) is 12.3 Å². The minimum atomic E-state index is -0.0649. The number of nitrogens with zero attached hydrogens (tertiary/aromatic N) is 2. The van der Waals surface area contributed by atoms with Crippen molar-refractivity contribution in [2.45, 2.75) is 110 Å². The van der Waals surface area contributed by atoms with E-state index < -0.39 is 0 Å². The second-order valence-electron chi connectivity index (χ2n) is 25.0. The number of methoxy groups -OCH3 is 3. The summed E-state index contributed by atoms with van der Waals surface area (Å²) in [7, 11) is 55.8. The molecule has 25 heteroatoms. The molecule has 5 rings (SSSR count). The molecule has 624 valence electrons. The first-order valence-electron chi connectivity index (χ1n) is 37.7. The van der Waals surface area contributed by atoms with Gasteiger partial charge in [-0.15, -0.1) is 6.42 Å². The normalized spacial score (nSPS) is 15.1. The van der Waals surface area contributed by atoms with Gasteiger partial charge in [-0.25, -0.2) is 0 Å². The lowest BCUT2D eigenvalue weighted by Gasteiger charge is -2.14. The number of aromatic nitrogens is 2. The highest BCUT2D eigenvalue weighted by Crippen LogP contribution is 2.24. The zero-order valence-corrected chi connectivity index (χ0v) is 69.2. The predicted molar refractivity (Wildman–Crippen MR) is 427 cm³/mol. The monoisotopic (exact) mass is 1510 g/mol. The summed E-state index contributed by atoms with van der Waals surface area (Å²) >= 11 is 0. The molecule has 0 spiro atoms. The fourth-order valence-corrected chi connectivity index (χ4v) is 7.56. The Hall–Kier alpha value is -4.10. The van der Waals surface area contributed by atoms with Crippen molar-refractivity contribution in [1.29, 1.82) is 0 Å². The number of nitrogens with two attached hydrogens (primary N) is 6. The van der Waals surface area contributed by atoms with Gasteiger partial charge >= 0.3 is 0 Å². The summed E-state index contributed by atoms with van der Waals surface area (Å²) in [5.74, 6) is 2.47. The molecule has 2 aliphatic rings. The number of hydrogen-bond donors (Lipinski definition) is 11. The van der Waals surface area contributed by atoms with Crippen LogP contribution < -0.4 is 56.4 Å². The maximum absolute atomic E-state index is 5.48. The van der Waals surface area contributed by atoms with E-state index in [1.165, 1.54) is 49.3 Å². The maximum Gasteiger partial charge on any atom is 0.135 e. The summed E-state index contributed by atoms with van der Waals surface area (Å²) in [5.41, 5.74) is 4.38. The van der Waals surface area contributed by atoms with Crippen molar-refractivity contribution in [2.75, 3.05) is 221 Å². The van der Waals surface area contributed by atoms with Crippen LogP contribution in [0, 0.1) is 89.9 Å². The molecule has 0 radical (unpaired) electrons. The standard InChI is InChI=1S/C11H17NO.2C9H14N2O.C7H13NO2.C7H15NO.C7H17NO.C7H13NO.C7H17NO.2C6H15NO.C5H13NO/c1-12(2)8-9-13-10-11-6-4-3-5-7-11;1-10-5-6-12-8-9-3-2-4-11-7-9;1-10-6-7-12-8-9-4-2-3-5-11-9;1-8-5-4-10-6-2-3-9-7(5)6;1-7(2)6-9-5-4-8-3;1-8-6-4-3-5-7-9-2;1-4-7(2)9-6-5-8-3;1-4-6-9-7-5-8(2)3;1-7(2)5-4-6-8-3;1-4-8-6-5-7(2)3;1-6(2)4-5-7-3/h3-7,12H,1,8-10H2,2H3;2-4,7H,1,5-6,8,10H2;2-5H,1,6-8,10H2;5-7H,1-4,8H2;1,3-6,8H2,2H3;1,3-8H2,2H3;1,7H,3,5-6,8H2,2H3;8H,2,4-7H2,1,3H3;7H,1,4-6H2,2-3H3;7H,2,4-6H2,1,3H3;6H,1,4-5H2,2-3H3. The lowest BCUT2D eigenvalue weighted by Crippen LogP contribution is -3.04. The number of unbranched alkanes of at least 4 members (excludes halogenated alkanes) is 2. The largest absolute Gasteiger partial charge is 0.479 e. The summed E-state index contributed by atoms with van der Waals surface area (Å²) < 4.78 is 62.3. The molecular formula is C81H163N13O12. The molecule has 9 unspecified atom stereocenters. The molecule has 0 amide bonds. The molecule has 2 saturated heterocycles. The van der Waals surface area contributed by atoms with Crippen LogP contribution in [-0.2, 0) is 76.7 Å². The van der Waals surface area contributed by atoms with E-state index in [1.54, 1.807) is 33.7 Å². The van der Waals surface area contributed by atoms with Gasteiger partial charge in [-0.1, -0.05) is 67.5 Å². The fraction of sp³-hybridized carbons (Fsp3) is 0.617. The molecular weight excluding hydrogens is 1350 g/mol. The lowest BCUT2D eigenvalue weighted by atomic mass is 10.1. The summed E-state index contributed by atoms with van der Waals surface area (Å²) in [4.78, 5) is 14.1. The molecule has 0 aliphatic carbocycles. The lowest BCUT2D eigenvalue weighted by molar-refractivity contribution is -0.832. The Balaban J connectivity index is -0.000000261. The van der Waals surface area contributed by atoms with Crippen LogP contribution in [0.3, 0.4) is 0 Å². The van der Waals surface area contributed by atoms with Crippen molar-refractivity contribution < 1.29 is 113 Å². The van der Waals surface area contributed by atoms with Crippen molar-refractivity contribution in [2.24, 2.45) is 0 Å². The van der Waals surface area contributed by atoms with Gasteiger partial charge in [0.2, 0.25) is 0 Å². The van der Waals surface area contributed by atoms with E-state index in [0.717, 1.165) is 187 Å². The molecule has 25 nitrogen and oxygen atoms in total. The SMILES string of the molecule is C#CC(C)OCC[NH2+][CH2-].C=C(C)COCC[NH2+][CH2-].[CH2-][NH+](C)CCCOC.[CH2-][NH+](C)CCOC.[CH2-][NH+](C)CCOCC.[CH2-][NH+](C)CCOCCC.[CH2-][NH+](C)CCOCc1ccccc1.[CH2-][NH2+]C1COC2CCOC12.[CH2-][NH2+]CCCCCOC.[CH2-][NH2+]CCOCc1ccccn1.[CH2-][NH2+]CCOCc1cccnc1. The van der Waals surface area contributed by atoms with Crippen molar-refractivity contribution in [3.63, 3.8) is 0 Å². The average molecular weight is 1510 g/mol. The third-order valence-corrected chi connectivity index (χ3v) is 13.6. The minimum absolute atomic E-state index is 0.0649. The first-order chi connectivity index (χ1) is 51.1. The smallest absolute Gasteiger partial charge is 0.135 e. The van der Waals surface area contributed by atoms with Gasteiger partial charge in [0.25, 0.3) is 0 Å². The van der Waals surface area contributed by atoms with Crippen LogP contribution in [0.25, 0.3) is 0 Å². The molecule has 1 aromatic carbocycles. The third kappa shape index (κ3) is 99.9. The fourth-order valence-electron chi connectivity index (χ4n) is 7.56. The Morgan fingerprint density at radius 2 is 1.05 bits per heavy atom. The summed E-state index contributed by atoms with van der Waals surface area (Å²) in [5, 5.41) is 11.3. The van der Waals surface area contributed by atoms with Crippen LogP contribution in [-0.4, -0.2) is 255 Å². The Bertz CT molecular complexity index is 2050. The molecule has 17 N–H and O–H groups in total. The maximum atomic E-state index is 5.48. The predicted octanol–water partition coefficient (Wildman–Crippen LogP) is -3.90. The number of nitrogens with one attached hydrogen (secondary N) is 5. The highest BCUT2D eigenvalue weighted by atomic mass is 16.6. The Labute approximate surface area is 650 Å². The molecule has 9 atom stereocenters. The summed E-state index contributed by atoms with van der Waals surface area (Å²) in [6, 6.07) is 20.4. The first kappa shape index (κ1) is 113. The topological polar surface area (TPSA) is 258 Å². The number of terminal acetylenes is 1. The van der Waals surface area contributed by atoms with Gasteiger partial charge in [0.1, 0.15) is 18.2 Å². The van der Waals surface area contributed by atoms with Gasteiger partial charge < -0.3 is 113 Å². The quantitative estimate of drug-likeness (QED) is 0.0112. The van der Waals surface area contributed by atoms with E-state index in [2.05, 4.69) is 119 Å². The zero-order chi connectivity index (χ0) is 80.6. The molecule has 106 heavy (non-hydrogen) atoms. The number of pyridine rings is 2. The Morgan fingerprint density at radius 3 is 1.53 bits per heavy atom. The number of likely N-dealkylation sites (N-methyl/N-ethyl adjacent to an activating group) is 4. The molecule has 0 bridgehead atoms. The summed E-state index contributed by atoms with van der Waals surface area (Å²) in [6.07, 6.45) is 18.0. The number of rotatable bonds is 47.